The number of benzene rings is 1. The van der Waals surface area contributed by atoms with E-state index in [0.29, 0.717) is 22.9 Å². The molecule has 0 amide bonds. The molecule has 1 saturated heterocycles. The quantitative estimate of drug-likeness (QED) is 0.637. The zero-order valence-electron chi connectivity index (χ0n) is 9.07. The fourth-order valence-electron chi connectivity index (χ4n) is 1.92. The summed E-state index contributed by atoms with van der Waals surface area (Å²) in [4.78, 5) is 12.1. The summed E-state index contributed by atoms with van der Waals surface area (Å²) in [7, 11) is 0. The normalized spacial score (nSPS) is 24.6. The van der Waals surface area contributed by atoms with Gasteiger partial charge in [0, 0.05) is 17.9 Å². The van der Waals surface area contributed by atoms with Crippen molar-refractivity contribution in [2.24, 2.45) is 5.92 Å². The van der Waals surface area contributed by atoms with Crippen LogP contribution in [0.15, 0.2) is 18.2 Å². The number of carbonyl (C=O) groups excluding carboxylic acids is 1. The van der Waals surface area contributed by atoms with Crippen LogP contribution in [0, 0.1) is 5.92 Å². The first kappa shape index (κ1) is 11.4. The zero-order chi connectivity index (χ0) is 11.7. The second-order valence-corrected chi connectivity index (χ2v) is 4.57. The van der Waals surface area contributed by atoms with Gasteiger partial charge < -0.3 is 10.5 Å². The third-order valence-electron chi connectivity index (χ3n) is 2.90. The van der Waals surface area contributed by atoms with Gasteiger partial charge in [0.2, 0.25) is 0 Å². The Bertz CT molecular complexity index is 419. The largest absolute Gasteiger partial charge is 0.399 e. The fraction of sp³-hybridized carbons (Fsp3) is 0.417. The topological polar surface area (TPSA) is 52.3 Å². The molecule has 2 atom stereocenters. The van der Waals surface area contributed by atoms with E-state index >= 15 is 0 Å². The van der Waals surface area contributed by atoms with Crippen molar-refractivity contribution in [2.75, 3.05) is 12.3 Å². The molecule has 0 saturated carbocycles. The minimum Gasteiger partial charge on any atom is -0.399 e. The summed E-state index contributed by atoms with van der Waals surface area (Å²) in [5, 5.41) is 0.396. The molecule has 3 nitrogen and oxygen atoms in total. The Morgan fingerprint density at radius 3 is 2.88 bits per heavy atom. The second-order valence-electron chi connectivity index (χ2n) is 4.16. The molecule has 1 heterocycles. The molecule has 0 spiro atoms. The van der Waals surface area contributed by atoms with Crippen LogP contribution in [0.25, 0.3) is 0 Å². The first-order chi connectivity index (χ1) is 7.59. The predicted octanol–water partition coefficient (Wildman–Crippen LogP) is 2.53. The first-order valence-corrected chi connectivity index (χ1v) is 5.68. The summed E-state index contributed by atoms with van der Waals surface area (Å²) in [5.74, 6) is 0.205. The number of nitrogen functional groups attached to an aromatic ring is 1. The highest BCUT2D eigenvalue weighted by Crippen LogP contribution is 2.27. The Morgan fingerprint density at radius 2 is 2.31 bits per heavy atom. The number of ketones is 1. The van der Waals surface area contributed by atoms with Gasteiger partial charge in [-0.3, -0.25) is 4.79 Å². The number of hydrogen-bond donors (Lipinski definition) is 1. The highest BCUT2D eigenvalue weighted by atomic mass is 35.5. The summed E-state index contributed by atoms with van der Waals surface area (Å²) in [6, 6.07) is 4.93. The van der Waals surface area contributed by atoms with Gasteiger partial charge in [0.25, 0.3) is 0 Å². The van der Waals surface area contributed by atoms with E-state index in [9.17, 15) is 4.79 Å². The van der Waals surface area contributed by atoms with Crippen LogP contribution in [-0.4, -0.2) is 18.5 Å². The maximum Gasteiger partial charge on any atom is 0.193 e. The van der Waals surface area contributed by atoms with Crippen LogP contribution in [0.3, 0.4) is 0 Å². The van der Waals surface area contributed by atoms with Crippen molar-refractivity contribution in [3.63, 3.8) is 0 Å². The molecule has 2 N–H and O–H groups in total. The van der Waals surface area contributed by atoms with E-state index in [1.165, 1.54) is 0 Å². The van der Waals surface area contributed by atoms with E-state index in [1.54, 1.807) is 18.2 Å². The maximum absolute atomic E-state index is 12.1. The highest BCUT2D eigenvalue weighted by molar-refractivity contribution is 6.34. The van der Waals surface area contributed by atoms with E-state index in [0.717, 1.165) is 6.42 Å². The molecule has 86 valence electrons. The van der Waals surface area contributed by atoms with Gasteiger partial charge in [-0.2, -0.15) is 0 Å². The molecule has 1 aliphatic heterocycles. The van der Waals surface area contributed by atoms with Crippen LogP contribution in [0.4, 0.5) is 5.69 Å². The molecule has 2 rings (SSSR count). The zero-order valence-corrected chi connectivity index (χ0v) is 9.83. The predicted molar refractivity (Wildman–Crippen MR) is 63.7 cm³/mol. The molecule has 1 aliphatic rings. The van der Waals surface area contributed by atoms with Crippen molar-refractivity contribution in [2.45, 2.75) is 19.4 Å². The molecule has 4 heteroatoms. The number of ether oxygens (including phenoxy) is 1. The average molecular weight is 240 g/mol. The first-order valence-electron chi connectivity index (χ1n) is 5.30. The third kappa shape index (κ3) is 2.06. The number of rotatable bonds is 2. The van der Waals surface area contributed by atoms with Crippen LogP contribution in [-0.2, 0) is 4.74 Å². The summed E-state index contributed by atoms with van der Waals surface area (Å²) in [6.45, 7) is 2.66. The summed E-state index contributed by atoms with van der Waals surface area (Å²) >= 11 is 5.99. The molecule has 1 fully saturated rings. The maximum atomic E-state index is 12.1. The molecular weight excluding hydrogens is 226 g/mol. The molecule has 2 unspecified atom stereocenters. The van der Waals surface area contributed by atoms with Crippen LogP contribution in [0.1, 0.15) is 23.7 Å². The van der Waals surface area contributed by atoms with Crippen molar-refractivity contribution >= 4 is 23.1 Å². The standard InChI is InChI=1S/C12H14ClNO2/c1-7-4-5-16-12(7)11(15)9-3-2-8(14)6-10(9)13/h2-3,6-7,12H,4-5,14H2,1H3. The SMILES string of the molecule is CC1CCOC1C(=O)c1ccc(N)cc1Cl. The number of anilines is 1. The lowest BCUT2D eigenvalue weighted by molar-refractivity contribution is 0.0579. The Kier molecular flexibility index (Phi) is 3.17. The van der Waals surface area contributed by atoms with Crippen molar-refractivity contribution in [1.29, 1.82) is 0 Å². The smallest absolute Gasteiger partial charge is 0.193 e. The van der Waals surface area contributed by atoms with Gasteiger partial charge in [0.1, 0.15) is 6.10 Å². The minimum absolute atomic E-state index is 0.0463. The van der Waals surface area contributed by atoms with Crippen LogP contribution in [0.2, 0.25) is 5.02 Å². The highest BCUT2D eigenvalue weighted by Gasteiger charge is 2.32. The summed E-state index contributed by atoms with van der Waals surface area (Å²) in [5.41, 5.74) is 6.63. The van der Waals surface area contributed by atoms with Gasteiger partial charge in [0.15, 0.2) is 5.78 Å². The molecular formula is C12H14ClNO2. The molecule has 0 radical (unpaired) electrons. The van der Waals surface area contributed by atoms with Crippen LogP contribution < -0.4 is 5.73 Å². The Morgan fingerprint density at radius 1 is 1.56 bits per heavy atom. The van der Waals surface area contributed by atoms with Crippen molar-refractivity contribution in [3.05, 3.63) is 28.8 Å². The second kappa shape index (κ2) is 4.44. The van der Waals surface area contributed by atoms with E-state index in [2.05, 4.69) is 0 Å². The fourth-order valence-corrected chi connectivity index (χ4v) is 2.20. The van der Waals surface area contributed by atoms with E-state index in [1.807, 2.05) is 6.92 Å². The Labute approximate surface area is 99.5 Å². The van der Waals surface area contributed by atoms with Crippen molar-refractivity contribution in [3.8, 4) is 0 Å². The van der Waals surface area contributed by atoms with Gasteiger partial charge >= 0.3 is 0 Å². The number of Topliss-reactive ketones (excluding diaryl/α,β-unsaturated/α-hetero) is 1. The molecule has 0 bridgehead atoms. The minimum atomic E-state index is -0.360. The van der Waals surface area contributed by atoms with Crippen molar-refractivity contribution < 1.29 is 9.53 Å². The number of carbonyl (C=O) groups is 1. The summed E-state index contributed by atoms with van der Waals surface area (Å²) < 4.78 is 5.43. The van der Waals surface area contributed by atoms with Crippen molar-refractivity contribution in [1.82, 2.24) is 0 Å². The van der Waals surface area contributed by atoms with Crippen LogP contribution >= 0.6 is 11.6 Å². The third-order valence-corrected chi connectivity index (χ3v) is 3.22. The lowest BCUT2D eigenvalue weighted by Crippen LogP contribution is -2.25. The summed E-state index contributed by atoms with van der Waals surface area (Å²) in [6.07, 6.45) is 0.560. The Hall–Kier alpha value is -1.06. The van der Waals surface area contributed by atoms with E-state index < -0.39 is 0 Å². The monoisotopic (exact) mass is 239 g/mol. The molecule has 0 aromatic heterocycles. The van der Waals surface area contributed by atoms with Gasteiger partial charge in [-0.1, -0.05) is 18.5 Å². The Balaban J connectivity index is 2.27. The number of halogens is 1. The van der Waals surface area contributed by atoms with Gasteiger partial charge in [-0.15, -0.1) is 0 Å². The average Bonchev–Trinajstić information content (AvgIpc) is 2.63. The molecule has 1 aromatic carbocycles. The molecule has 16 heavy (non-hydrogen) atoms. The van der Waals surface area contributed by atoms with E-state index in [-0.39, 0.29) is 17.8 Å². The molecule has 0 aliphatic carbocycles. The molecule has 1 aromatic rings. The van der Waals surface area contributed by atoms with Gasteiger partial charge in [0.05, 0.1) is 5.02 Å². The lowest BCUT2D eigenvalue weighted by atomic mass is 9.96. The van der Waals surface area contributed by atoms with E-state index in [4.69, 9.17) is 22.1 Å². The number of nitrogens with two attached hydrogens (primary N) is 1. The van der Waals surface area contributed by atoms with Gasteiger partial charge in [-0.05, 0) is 30.5 Å². The lowest BCUT2D eigenvalue weighted by Gasteiger charge is -2.14. The number of hydrogen-bond acceptors (Lipinski definition) is 3. The van der Waals surface area contributed by atoms with Crippen LogP contribution in [0.5, 0.6) is 0 Å². The van der Waals surface area contributed by atoms with Gasteiger partial charge in [-0.25, -0.2) is 0 Å².